The number of aromatic nitrogens is 1. The Labute approximate surface area is 200 Å². The normalized spacial score (nSPS) is 18.4. The summed E-state index contributed by atoms with van der Waals surface area (Å²) in [6.07, 6.45) is 8.83. The molecule has 0 saturated carbocycles. The van der Waals surface area contributed by atoms with E-state index >= 15 is 0 Å². The molecule has 2 saturated heterocycles. The highest BCUT2D eigenvalue weighted by Gasteiger charge is 2.57. The van der Waals surface area contributed by atoms with Gasteiger partial charge in [0, 0.05) is 45.7 Å². The number of nitrogens with zero attached hydrogens (tertiary/aromatic N) is 4. The second kappa shape index (κ2) is 10.8. The summed E-state index contributed by atoms with van der Waals surface area (Å²) in [6.45, 7) is 3.33. The number of pyridine rings is 1. The Morgan fingerprint density at radius 2 is 1.85 bits per heavy atom. The number of ether oxygens (including phenoxy) is 2. The number of carbonyl (C=O) groups is 2. The van der Waals surface area contributed by atoms with Crippen molar-refractivity contribution in [1.82, 2.24) is 19.7 Å². The van der Waals surface area contributed by atoms with Crippen molar-refractivity contribution in [2.24, 2.45) is 0 Å². The first-order valence-electron chi connectivity index (χ1n) is 11.6. The van der Waals surface area contributed by atoms with Gasteiger partial charge in [0.2, 0.25) is 0 Å². The van der Waals surface area contributed by atoms with E-state index in [0.29, 0.717) is 26.0 Å². The minimum atomic E-state index is -0.798. The summed E-state index contributed by atoms with van der Waals surface area (Å²) >= 11 is 0. The van der Waals surface area contributed by atoms with E-state index in [1.54, 1.807) is 31.5 Å². The summed E-state index contributed by atoms with van der Waals surface area (Å²) in [5.41, 5.74) is 1.16. The number of imide groups is 1. The average Bonchev–Trinajstić information content (AvgIpc) is 3.06. The summed E-state index contributed by atoms with van der Waals surface area (Å²) < 4.78 is 10.4. The van der Waals surface area contributed by atoms with Crippen LogP contribution < -0.4 is 4.74 Å². The van der Waals surface area contributed by atoms with Gasteiger partial charge in [-0.3, -0.25) is 19.6 Å². The van der Waals surface area contributed by atoms with Gasteiger partial charge in [-0.05, 0) is 42.2 Å². The van der Waals surface area contributed by atoms with E-state index in [9.17, 15) is 9.59 Å². The third-order valence-corrected chi connectivity index (χ3v) is 6.68. The van der Waals surface area contributed by atoms with Crippen LogP contribution in [0.2, 0.25) is 0 Å². The SMILES string of the molecule is COCCN1C(=O)N(Cc2cccnc2)C(=O)C12CCN(C/C=C/c1ccc(OC)cc1)CC2. The maximum absolute atomic E-state index is 13.6. The molecule has 34 heavy (non-hydrogen) atoms. The molecule has 180 valence electrons. The van der Waals surface area contributed by atoms with Gasteiger partial charge in [0.1, 0.15) is 11.3 Å². The highest BCUT2D eigenvalue weighted by atomic mass is 16.5. The number of benzene rings is 1. The molecule has 2 fully saturated rings. The molecule has 2 aromatic rings. The van der Waals surface area contributed by atoms with Crippen LogP contribution in [0.25, 0.3) is 6.08 Å². The molecule has 0 bridgehead atoms. The first-order valence-corrected chi connectivity index (χ1v) is 11.6. The number of rotatable bonds is 9. The molecule has 0 aliphatic carbocycles. The standard InChI is InChI=1S/C26H32N4O4/c1-33-18-17-30-25(32)29(20-22-5-3-13-27-19-22)24(31)26(30)11-15-28(16-12-26)14-4-6-21-7-9-23(34-2)10-8-21/h3-10,13,19H,11-12,14-18,20H2,1-2H3/b6-4+. The van der Waals surface area contributed by atoms with Crippen molar-refractivity contribution in [3.05, 3.63) is 66.0 Å². The molecule has 0 N–H and O–H groups in total. The molecule has 3 heterocycles. The minimum absolute atomic E-state index is 0.106. The fourth-order valence-electron chi connectivity index (χ4n) is 4.73. The molecule has 0 radical (unpaired) electrons. The number of urea groups is 1. The number of hydrogen-bond donors (Lipinski definition) is 0. The summed E-state index contributed by atoms with van der Waals surface area (Å²) in [7, 11) is 3.27. The molecule has 0 unspecified atom stereocenters. The van der Waals surface area contributed by atoms with Gasteiger partial charge in [-0.2, -0.15) is 0 Å². The maximum atomic E-state index is 13.6. The lowest BCUT2D eigenvalue weighted by atomic mass is 9.85. The topological polar surface area (TPSA) is 75.2 Å². The van der Waals surface area contributed by atoms with Crippen molar-refractivity contribution in [3.8, 4) is 5.75 Å². The first kappa shape index (κ1) is 23.9. The Bertz CT molecular complexity index is 1000. The van der Waals surface area contributed by atoms with Crippen molar-refractivity contribution >= 4 is 18.0 Å². The molecule has 0 atom stereocenters. The summed E-state index contributed by atoms with van der Waals surface area (Å²) in [5.74, 6) is 0.732. The first-order chi connectivity index (χ1) is 16.6. The Hall–Kier alpha value is -3.23. The molecule has 8 heteroatoms. The number of hydrogen-bond acceptors (Lipinski definition) is 6. The number of amides is 3. The summed E-state index contributed by atoms with van der Waals surface area (Å²) in [6, 6.07) is 11.4. The van der Waals surface area contributed by atoms with Crippen LogP contribution in [0.3, 0.4) is 0 Å². The van der Waals surface area contributed by atoms with Gasteiger partial charge in [-0.25, -0.2) is 4.79 Å². The van der Waals surface area contributed by atoms with Gasteiger partial charge < -0.3 is 14.4 Å². The van der Waals surface area contributed by atoms with Crippen LogP contribution in [0.15, 0.2) is 54.9 Å². The van der Waals surface area contributed by atoms with E-state index < -0.39 is 5.54 Å². The van der Waals surface area contributed by atoms with Crippen molar-refractivity contribution in [1.29, 1.82) is 0 Å². The van der Waals surface area contributed by atoms with Crippen molar-refractivity contribution in [3.63, 3.8) is 0 Å². The molecular weight excluding hydrogens is 432 g/mol. The quantitative estimate of drug-likeness (QED) is 0.531. The Balaban J connectivity index is 1.41. The van der Waals surface area contributed by atoms with Crippen molar-refractivity contribution < 1.29 is 19.1 Å². The average molecular weight is 465 g/mol. The monoisotopic (exact) mass is 464 g/mol. The number of carbonyl (C=O) groups excluding carboxylic acids is 2. The Morgan fingerprint density at radius 3 is 2.50 bits per heavy atom. The molecule has 2 aliphatic heterocycles. The third kappa shape index (κ3) is 4.98. The van der Waals surface area contributed by atoms with E-state index in [1.807, 2.05) is 36.4 Å². The molecule has 1 spiro atoms. The van der Waals surface area contributed by atoms with Crippen LogP contribution in [0.1, 0.15) is 24.0 Å². The second-order valence-electron chi connectivity index (χ2n) is 8.69. The van der Waals surface area contributed by atoms with E-state index in [2.05, 4.69) is 22.0 Å². The van der Waals surface area contributed by atoms with Crippen LogP contribution in [0.4, 0.5) is 4.79 Å². The predicted molar refractivity (Wildman–Crippen MR) is 129 cm³/mol. The lowest BCUT2D eigenvalue weighted by Crippen LogP contribution is -2.57. The molecular formula is C26H32N4O4. The fraction of sp³-hybridized carbons (Fsp3) is 0.423. The van der Waals surface area contributed by atoms with Crippen LogP contribution >= 0.6 is 0 Å². The van der Waals surface area contributed by atoms with E-state index in [4.69, 9.17) is 9.47 Å². The lowest BCUT2D eigenvalue weighted by Gasteiger charge is -2.42. The molecule has 8 nitrogen and oxygen atoms in total. The highest BCUT2D eigenvalue weighted by molar-refractivity contribution is 6.07. The molecule has 4 rings (SSSR count). The molecule has 3 amide bonds. The zero-order valence-corrected chi connectivity index (χ0v) is 19.9. The van der Waals surface area contributed by atoms with E-state index in [0.717, 1.165) is 36.5 Å². The smallest absolute Gasteiger partial charge is 0.328 e. The number of methoxy groups -OCH3 is 2. The van der Waals surface area contributed by atoms with Crippen molar-refractivity contribution in [2.75, 3.05) is 47.0 Å². The second-order valence-corrected chi connectivity index (χ2v) is 8.69. The lowest BCUT2D eigenvalue weighted by molar-refractivity contribution is -0.136. The van der Waals surface area contributed by atoms with Crippen LogP contribution in [-0.4, -0.2) is 84.2 Å². The summed E-state index contributed by atoms with van der Waals surface area (Å²) in [4.78, 5) is 36.4. The van der Waals surface area contributed by atoms with Crippen LogP contribution in [0, 0.1) is 0 Å². The zero-order chi connectivity index (χ0) is 24.0. The van der Waals surface area contributed by atoms with Crippen LogP contribution in [-0.2, 0) is 16.1 Å². The number of likely N-dealkylation sites (tertiary alicyclic amines) is 1. The van der Waals surface area contributed by atoms with Crippen molar-refractivity contribution in [2.45, 2.75) is 24.9 Å². The zero-order valence-electron chi connectivity index (χ0n) is 19.9. The minimum Gasteiger partial charge on any atom is -0.497 e. The van der Waals surface area contributed by atoms with Crippen LogP contribution in [0.5, 0.6) is 5.75 Å². The maximum Gasteiger partial charge on any atom is 0.328 e. The van der Waals surface area contributed by atoms with Gasteiger partial charge in [0.25, 0.3) is 5.91 Å². The molecule has 1 aromatic heterocycles. The Morgan fingerprint density at radius 1 is 1.09 bits per heavy atom. The fourth-order valence-corrected chi connectivity index (χ4v) is 4.73. The van der Waals surface area contributed by atoms with E-state index in [1.165, 1.54) is 4.90 Å². The molecule has 1 aromatic carbocycles. The van der Waals surface area contributed by atoms with Gasteiger partial charge in [-0.1, -0.05) is 30.4 Å². The van der Waals surface area contributed by atoms with E-state index in [-0.39, 0.29) is 18.5 Å². The predicted octanol–water partition coefficient (Wildman–Crippen LogP) is 3.05. The van der Waals surface area contributed by atoms with Gasteiger partial charge in [-0.15, -0.1) is 0 Å². The third-order valence-electron chi connectivity index (χ3n) is 6.68. The molecule has 2 aliphatic rings. The Kier molecular flexibility index (Phi) is 7.59. The number of piperidine rings is 1. The summed E-state index contributed by atoms with van der Waals surface area (Å²) in [5, 5.41) is 0. The van der Waals surface area contributed by atoms with Gasteiger partial charge >= 0.3 is 6.03 Å². The largest absolute Gasteiger partial charge is 0.497 e. The van der Waals surface area contributed by atoms with Gasteiger partial charge in [0.15, 0.2) is 0 Å². The van der Waals surface area contributed by atoms with Gasteiger partial charge in [0.05, 0.1) is 20.3 Å². The highest BCUT2D eigenvalue weighted by Crippen LogP contribution is 2.37.